The summed E-state index contributed by atoms with van der Waals surface area (Å²) in [4.78, 5) is 23.3. The van der Waals surface area contributed by atoms with Gasteiger partial charge in [0.15, 0.2) is 0 Å². The normalized spacial score (nSPS) is 23.3. The number of Topliss-reactive ketones (excluding diaryl/α,β-unsaturated/α-hetero) is 1. The van der Waals surface area contributed by atoms with Crippen LogP contribution in [0.25, 0.3) is 0 Å². The summed E-state index contributed by atoms with van der Waals surface area (Å²) in [5, 5.41) is 26.6. The van der Waals surface area contributed by atoms with Crippen LogP contribution < -0.4 is 10.6 Å². The minimum Gasteiger partial charge on any atom is -0.377 e. The third kappa shape index (κ3) is 2.90. The van der Waals surface area contributed by atoms with Gasteiger partial charge in [-0.3, -0.25) is 14.9 Å². The molecule has 1 aromatic rings. The number of nitro benzene ring substituents is 1. The Hall–Kier alpha value is -2.46. The standard InChI is InChI=1S/C16H18N4O3/c17-8-12-2-1-3-13(20(22)23)14(12)19-10-16(6-7-18-9-16)15(21)11-4-5-11/h1-3,11,18-19H,4-7,9-10H2/t16-/m0/s1. The molecule has 1 atom stereocenters. The number of carbonyl (C=O) groups is 1. The molecule has 2 fully saturated rings. The van der Waals surface area contributed by atoms with Gasteiger partial charge in [0.2, 0.25) is 0 Å². The zero-order valence-electron chi connectivity index (χ0n) is 12.7. The highest BCUT2D eigenvalue weighted by Gasteiger charge is 2.47. The van der Waals surface area contributed by atoms with Gasteiger partial charge in [-0.15, -0.1) is 0 Å². The molecule has 2 N–H and O–H groups in total. The van der Waals surface area contributed by atoms with Crippen molar-refractivity contribution in [2.24, 2.45) is 11.3 Å². The summed E-state index contributed by atoms with van der Waals surface area (Å²) in [6.07, 6.45) is 2.60. The van der Waals surface area contributed by atoms with Crippen LogP contribution in [0.5, 0.6) is 0 Å². The van der Waals surface area contributed by atoms with E-state index in [1.165, 1.54) is 18.2 Å². The summed E-state index contributed by atoms with van der Waals surface area (Å²) in [6, 6.07) is 6.37. The highest BCUT2D eigenvalue weighted by molar-refractivity contribution is 5.90. The van der Waals surface area contributed by atoms with E-state index in [0.29, 0.717) is 13.1 Å². The van der Waals surface area contributed by atoms with E-state index in [9.17, 15) is 20.2 Å². The van der Waals surface area contributed by atoms with Crippen LogP contribution in [0.1, 0.15) is 24.8 Å². The molecule has 120 valence electrons. The fourth-order valence-electron chi connectivity index (χ4n) is 3.20. The molecule has 0 unspecified atom stereocenters. The summed E-state index contributed by atoms with van der Waals surface area (Å²) < 4.78 is 0. The van der Waals surface area contributed by atoms with Crippen molar-refractivity contribution in [1.82, 2.24) is 5.32 Å². The van der Waals surface area contributed by atoms with Gasteiger partial charge >= 0.3 is 0 Å². The Kier molecular flexibility index (Phi) is 4.01. The van der Waals surface area contributed by atoms with Gasteiger partial charge in [-0.25, -0.2) is 0 Å². The van der Waals surface area contributed by atoms with Gasteiger partial charge in [0.25, 0.3) is 5.69 Å². The van der Waals surface area contributed by atoms with Crippen molar-refractivity contribution < 1.29 is 9.72 Å². The van der Waals surface area contributed by atoms with E-state index in [2.05, 4.69) is 10.6 Å². The van der Waals surface area contributed by atoms with Crippen molar-refractivity contribution in [3.05, 3.63) is 33.9 Å². The minimum absolute atomic E-state index is 0.135. The molecule has 7 nitrogen and oxygen atoms in total. The summed E-state index contributed by atoms with van der Waals surface area (Å²) in [5.41, 5.74) is -0.240. The third-order valence-electron chi connectivity index (χ3n) is 4.68. The minimum atomic E-state index is -0.530. The number of para-hydroxylation sites is 1. The molecule has 0 bridgehead atoms. The molecule has 1 aliphatic carbocycles. The molecule has 23 heavy (non-hydrogen) atoms. The van der Waals surface area contributed by atoms with Crippen molar-refractivity contribution in [1.29, 1.82) is 5.26 Å². The first-order chi connectivity index (χ1) is 11.1. The van der Waals surface area contributed by atoms with E-state index < -0.39 is 10.3 Å². The third-order valence-corrected chi connectivity index (χ3v) is 4.68. The van der Waals surface area contributed by atoms with Crippen LogP contribution in [-0.2, 0) is 4.79 Å². The maximum atomic E-state index is 12.6. The molecule has 0 radical (unpaired) electrons. The van der Waals surface area contributed by atoms with Crippen molar-refractivity contribution >= 4 is 17.2 Å². The molecule has 0 spiro atoms. The predicted octanol–water partition coefficient (Wildman–Crippen LogP) is 1.84. The first kappa shape index (κ1) is 15.4. The quantitative estimate of drug-likeness (QED) is 0.612. The van der Waals surface area contributed by atoms with Crippen molar-refractivity contribution in [2.45, 2.75) is 19.3 Å². The number of nitriles is 1. The number of carbonyl (C=O) groups excluding carboxylic acids is 1. The molecule has 0 amide bonds. The number of nitro groups is 1. The van der Waals surface area contributed by atoms with Gasteiger partial charge in [-0.1, -0.05) is 6.07 Å². The lowest BCUT2D eigenvalue weighted by Crippen LogP contribution is -2.41. The lowest BCUT2D eigenvalue weighted by Gasteiger charge is -2.27. The Balaban J connectivity index is 1.85. The van der Waals surface area contributed by atoms with Crippen LogP contribution in [0.15, 0.2) is 18.2 Å². The SMILES string of the molecule is N#Cc1cccc([N+](=O)[O-])c1NC[C@]1(C(=O)C2CC2)CCNC1. The van der Waals surface area contributed by atoms with Crippen LogP contribution in [0.2, 0.25) is 0 Å². The summed E-state index contributed by atoms with van der Waals surface area (Å²) in [5.74, 6) is 0.380. The van der Waals surface area contributed by atoms with Crippen LogP contribution in [0.4, 0.5) is 11.4 Å². The maximum absolute atomic E-state index is 12.6. The molecule has 2 aliphatic rings. The van der Waals surface area contributed by atoms with E-state index in [-0.39, 0.29) is 28.6 Å². The molecule has 0 aromatic heterocycles. The van der Waals surface area contributed by atoms with E-state index in [0.717, 1.165) is 25.8 Å². The second-order valence-electron chi connectivity index (χ2n) is 6.27. The van der Waals surface area contributed by atoms with Gasteiger partial charge in [-0.05, 0) is 31.9 Å². The molecule has 1 saturated carbocycles. The Morgan fingerprint density at radius 2 is 2.30 bits per heavy atom. The number of benzene rings is 1. The van der Waals surface area contributed by atoms with E-state index in [1.807, 2.05) is 6.07 Å². The number of hydrogen-bond donors (Lipinski definition) is 2. The van der Waals surface area contributed by atoms with Crippen molar-refractivity contribution in [3.8, 4) is 6.07 Å². The monoisotopic (exact) mass is 314 g/mol. The predicted molar refractivity (Wildman–Crippen MR) is 84.0 cm³/mol. The number of nitrogens with one attached hydrogen (secondary N) is 2. The molecule has 3 rings (SSSR count). The second kappa shape index (κ2) is 5.97. The highest BCUT2D eigenvalue weighted by Crippen LogP contribution is 2.40. The Morgan fingerprint density at radius 3 is 2.87 bits per heavy atom. The van der Waals surface area contributed by atoms with Gasteiger partial charge < -0.3 is 10.6 Å². The van der Waals surface area contributed by atoms with Crippen LogP contribution in [0, 0.1) is 32.8 Å². The van der Waals surface area contributed by atoms with Crippen molar-refractivity contribution in [3.63, 3.8) is 0 Å². The molecule has 1 aliphatic heterocycles. The van der Waals surface area contributed by atoms with Crippen LogP contribution >= 0.6 is 0 Å². The number of nitrogens with zero attached hydrogens (tertiary/aromatic N) is 2. The van der Waals surface area contributed by atoms with Crippen LogP contribution in [-0.4, -0.2) is 30.3 Å². The zero-order valence-corrected chi connectivity index (χ0v) is 12.7. The lowest BCUT2D eigenvalue weighted by molar-refractivity contribution is -0.384. The largest absolute Gasteiger partial charge is 0.377 e. The van der Waals surface area contributed by atoms with E-state index in [1.54, 1.807) is 0 Å². The van der Waals surface area contributed by atoms with E-state index in [4.69, 9.17) is 0 Å². The Labute approximate surface area is 133 Å². The van der Waals surface area contributed by atoms with Gasteiger partial charge in [-0.2, -0.15) is 5.26 Å². The smallest absolute Gasteiger partial charge is 0.293 e. The Bertz CT molecular complexity index is 685. The highest BCUT2D eigenvalue weighted by atomic mass is 16.6. The molecule has 1 heterocycles. The summed E-state index contributed by atoms with van der Waals surface area (Å²) in [7, 11) is 0. The summed E-state index contributed by atoms with van der Waals surface area (Å²) in [6.45, 7) is 1.66. The van der Waals surface area contributed by atoms with E-state index >= 15 is 0 Å². The number of hydrogen-bond acceptors (Lipinski definition) is 6. The molecule has 7 heteroatoms. The second-order valence-corrected chi connectivity index (χ2v) is 6.27. The lowest BCUT2D eigenvalue weighted by atomic mass is 9.80. The van der Waals surface area contributed by atoms with Crippen LogP contribution in [0.3, 0.4) is 0 Å². The number of ketones is 1. The molecular formula is C16H18N4O3. The average Bonchev–Trinajstić information content (AvgIpc) is 3.30. The Morgan fingerprint density at radius 1 is 1.52 bits per heavy atom. The van der Waals surface area contributed by atoms with Crippen molar-refractivity contribution in [2.75, 3.05) is 25.0 Å². The van der Waals surface area contributed by atoms with Gasteiger partial charge in [0.05, 0.1) is 15.9 Å². The fraction of sp³-hybridized carbons (Fsp3) is 0.500. The first-order valence-corrected chi connectivity index (χ1v) is 7.74. The molecule has 1 saturated heterocycles. The first-order valence-electron chi connectivity index (χ1n) is 7.74. The number of rotatable bonds is 6. The van der Waals surface area contributed by atoms with Gasteiger partial charge in [0, 0.05) is 25.1 Å². The van der Waals surface area contributed by atoms with Gasteiger partial charge in [0.1, 0.15) is 17.5 Å². The molecular weight excluding hydrogens is 296 g/mol. The zero-order chi connectivity index (χ0) is 16.4. The topological polar surface area (TPSA) is 108 Å². The molecule has 1 aromatic carbocycles. The number of anilines is 1. The maximum Gasteiger partial charge on any atom is 0.293 e. The average molecular weight is 314 g/mol. The summed E-state index contributed by atoms with van der Waals surface area (Å²) >= 11 is 0. The fourth-order valence-corrected chi connectivity index (χ4v) is 3.20.